The summed E-state index contributed by atoms with van der Waals surface area (Å²) in [5.74, 6) is -1.04. The molecule has 0 saturated heterocycles. The van der Waals surface area contributed by atoms with Crippen molar-refractivity contribution >= 4 is 11.8 Å². The highest BCUT2D eigenvalue weighted by Gasteiger charge is 2.42. The predicted molar refractivity (Wildman–Crippen MR) is 53.5 cm³/mol. The highest BCUT2D eigenvalue weighted by atomic mass is 16.3. The quantitative estimate of drug-likeness (QED) is 0.427. The highest BCUT2D eigenvalue weighted by Crippen LogP contribution is 2.39. The molecule has 0 aliphatic heterocycles. The summed E-state index contributed by atoms with van der Waals surface area (Å²) in [6.07, 6.45) is 1.19. The van der Waals surface area contributed by atoms with Gasteiger partial charge < -0.3 is 21.9 Å². The largest absolute Gasteiger partial charge is 0.381 e. The van der Waals surface area contributed by atoms with Gasteiger partial charge in [-0.2, -0.15) is 0 Å². The molecule has 6 nitrogen and oxygen atoms in total. The second-order valence-corrected chi connectivity index (χ2v) is 3.97. The first-order valence-electron chi connectivity index (χ1n) is 4.97. The van der Waals surface area contributed by atoms with Crippen molar-refractivity contribution in [1.29, 1.82) is 0 Å². The van der Waals surface area contributed by atoms with E-state index in [0.29, 0.717) is 6.54 Å². The van der Waals surface area contributed by atoms with Crippen LogP contribution in [0.4, 0.5) is 0 Å². The molecule has 6 heteroatoms. The minimum Gasteiger partial charge on any atom is -0.381 e. The van der Waals surface area contributed by atoms with Crippen LogP contribution in [0.25, 0.3) is 0 Å². The van der Waals surface area contributed by atoms with E-state index < -0.39 is 17.4 Å². The summed E-state index contributed by atoms with van der Waals surface area (Å²) in [5, 5.41) is 11.6. The second kappa shape index (κ2) is 4.59. The van der Waals surface area contributed by atoms with Gasteiger partial charge in [-0.25, -0.2) is 0 Å². The Kier molecular flexibility index (Phi) is 3.65. The molecule has 1 unspecified atom stereocenters. The van der Waals surface area contributed by atoms with Gasteiger partial charge in [0.25, 0.3) is 0 Å². The minimum absolute atomic E-state index is 0.143. The maximum absolute atomic E-state index is 11.7. The van der Waals surface area contributed by atoms with Crippen molar-refractivity contribution < 1.29 is 14.7 Å². The van der Waals surface area contributed by atoms with E-state index in [1.165, 1.54) is 0 Å². The van der Waals surface area contributed by atoms with Gasteiger partial charge in [-0.3, -0.25) is 9.59 Å². The van der Waals surface area contributed by atoms with Gasteiger partial charge in [-0.1, -0.05) is 6.42 Å². The van der Waals surface area contributed by atoms with Crippen LogP contribution in [-0.2, 0) is 9.59 Å². The molecule has 1 atom stereocenters. The third-order valence-corrected chi connectivity index (χ3v) is 2.97. The maximum atomic E-state index is 11.7. The zero-order valence-corrected chi connectivity index (χ0v) is 8.53. The predicted octanol–water partition coefficient (Wildman–Crippen LogP) is -1.92. The third kappa shape index (κ3) is 2.45. The number of amides is 2. The lowest BCUT2D eigenvalue weighted by atomic mass is 9.68. The molecule has 86 valence electrons. The summed E-state index contributed by atoms with van der Waals surface area (Å²) in [4.78, 5) is 22.2. The normalized spacial score (nSPS) is 20.1. The van der Waals surface area contributed by atoms with E-state index in [1.54, 1.807) is 0 Å². The number of hydrogen-bond acceptors (Lipinski definition) is 4. The van der Waals surface area contributed by atoms with Crippen molar-refractivity contribution in [3.63, 3.8) is 0 Å². The molecule has 2 amide bonds. The van der Waals surface area contributed by atoms with Gasteiger partial charge >= 0.3 is 0 Å². The highest BCUT2D eigenvalue weighted by molar-refractivity contribution is 5.85. The van der Waals surface area contributed by atoms with Crippen LogP contribution in [0.15, 0.2) is 0 Å². The lowest BCUT2D eigenvalue weighted by Crippen LogP contribution is -2.52. The molecule has 1 rings (SSSR count). The van der Waals surface area contributed by atoms with Crippen molar-refractivity contribution in [2.24, 2.45) is 16.9 Å². The molecule has 0 aromatic rings. The first-order valence-corrected chi connectivity index (χ1v) is 4.97. The van der Waals surface area contributed by atoms with Gasteiger partial charge in [-0.05, 0) is 12.8 Å². The molecule has 0 radical (unpaired) electrons. The van der Waals surface area contributed by atoms with Crippen LogP contribution in [-0.4, -0.2) is 36.1 Å². The molecule has 1 fully saturated rings. The van der Waals surface area contributed by atoms with Crippen molar-refractivity contribution in [2.45, 2.75) is 25.4 Å². The maximum Gasteiger partial charge on any atom is 0.248 e. The third-order valence-electron chi connectivity index (χ3n) is 2.97. The summed E-state index contributed by atoms with van der Waals surface area (Å²) in [6, 6.07) is 0. The lowest BCUT2D eigenvalue weighted by molar-refractivity contribution is -0.136. The number of nitrogens with one attached hydrogen (secondary N) is 1. The summed E-state index contributed by atoms with van der Waals surface area (Å²) >= 11 is 0. The number of carbonyl (C=O) groups excluding carboxylic acids is 2. The molecule has 1 aliphatic carbocycles. The Bertz CT molecular complexity index is 258. The zero-order valence-electron chi connectivity index (χ0n) is 8.53. The molecule has 0 aromatic heterocycles. The van der Waals surface area contributed by atoms with Crippen molar-refractivity contribution in [2.75, 3.05) is 13.1 Å². The number of carbonyl (C=O) groups is 2. The van der Waals surface area contributed by atoms with Crippen LogP contribution in [0.3, 0.4) is 0 Å². The molecule has 0 aromatic carbocycles. The Morgan fingerprint density at radius 1 is 1.47 bits per heavy atom. The number of aliphatic hydroxyl groups is 1. The van der Waals surface area contributed by atoms with Crippen LogP contribution >= 0.6 is 0 Å². The Balaban J connectivity index is 2.39. The molecule has 0 bridgehead atoms. The molecule has 0 spiro atoms. The van der Waals surface area contributed by atoms with Crippen molar-refractivity contribution in [1.82, 2.24) is 5.32 Å². The van der Waals surface area contributed by atoms with E-state index in [0.717, 1.165) is 19.3 Å². The van der Waals surface area contributed by atoms with Crippen LogP contribution in [0.1, 0.15) is 19.3 Å². The zero-order chi connectivity index (χ0) is 11.5. The average Bonchev–Trinajstić information content (AvgIpc) is 2.13. The van der Waals surface area contributed by atoms with Crippen molar-refractivity contribution in [3.05, 3.63) is 0 Å². The van der Waals surface area contributed by atoms with Gasteiger partial charge in [0.2, 0.25) is 11.8 Å². The minimum atomic E-state index is -1.33. The van der Waals surface area contributed by atoms with Gasteiger partial charge in [0.15, 0.2) is 0 Å². The van der Waals surface area contributed by atoms with E-state index >= 15 is 0 Å². The van der Waals surface area contributed by atoms with E-state index in [2.05, 4.69) is 5.32 Å². The first kappa shape index (κ1) is 11.9. The molecule has 0 heterocycles. The molecular weight excluding hydrogens is 198 g/mol. The average molecular weight is 215 g/mol. The van der Waals surface area contributed by atoms with Gasteiger partial charge in [0.05, 0.1) is 12.0 Å². The van der Waals surface area contributed by atoms with E-state index in [1.807, 2.05) is 0 Å². The number of aliphatic hydroxyl groups excluding tert-OH is 1. The summed E-state index contributed by atoms with van der Waals surface area (Å²) in [6.45, 7) is 0.154. The fourth-order valence-electron chi connectivity index (χ4n) is 1.60. The number of primary amides is 1. The molecule has 15 heavy (non-hydrogen) atoms. The van der Waals surface area contributed by atoms with Gasteiger partial charge in [0.1, 0.15) is 6.10 Å². The standard InChI is InChI=1S/C9H17N3O3/c10-5-9(2-1-3-9)8(15)12-4-6(13)7(11)14/h6,13H,1-5,10H2,(H2,11,14)(H,12,15). The molecular formula is C9H17N3O3. The summed E-state index contributed by atoms with van der Waals surface area (Å²) in [7, 11) is 0. The fraction of sp³-hybridized carbons (Fsp3) is 0.778. The summed E-state index contributed by atoms with van der Waals surface area (Å²) in [5.41, 5.74) is 9.88. The first-order chi connectivity index (χ1) is 7.02. The van der Waals surface area contributed by atoms with Gasteiger partial charge in [0, 0.05) is 6.54 Å². The topological polar surface area (TPSA) is 118 Å². The van der Waals surface area contributed by atoms with Crippen LogP contribution in [0.5, 0.6) is 0 Å². The Morgan fingerprint density at radius 2 is 2.07 bits per heavy atom. The fourth-order valence-corrected chi connectivity index (χ4v) is 1.60. The Labute approximate surface area is 88.0 Å². The second-order valence-electron chi connectivity index (χ2n) is 3.97. The monoisotopic (exact) mass is 215 g/mol. The van der Waals surface area contributed by atoms with Crippen LogP contribution < -0.4 is 16.8 Å². The SMILES string of the molecule is NCC1(C(=O)NCC(O)C(N)=O)CCC1. The van der Waals surface area contributed by atoms with E-state index in [-0.39, 0.29) is 12.5 Å². The molecule has 6 N–H and O–H groups in total. The smallest absolute Gasteiger partial charge is 0.248 e. The van der Waals surface area contributed by atoms with Crippen LogP contribution in [0, 0.1) is 5.41 Å². The van der Waals surface area contributed by atoms with E-state index in [9.17, 15) is 9.59 Å². The number of hydrogen-bond donors (Lipinski definition) is 4. The number of rotatable bonds is 5. The Morgan fingerprint density at radius 3 is 2.40 bits per heavy atom. The molecule has 1 saturated carbocycles. The Hall–Kier alpha value is -1.14. The molecule has 1 aliphatic rings. The summed E-state index contributed by atoms with van der Waals surface area (Å²) < 4.78 is 0. The van der Waals surface area contributed by atoms with Crippen molar-refractivity contribution in [3.8, 4) is 0 Å². The van der Waals surface area contributed by atoms with Crippen LogP contribution in [0.2, 0.25) is 0 Å². The lowest BCUT2D eigenvalue weighted by Gasteiger charge is -2.39. The van der Waals surface area contributed by atoms with E-state index in [4.69, 9.17) is 16.6 Å². The van der Waals surface area contributed by atoms with Gasteiger partial charge in [-0.15, -0.1) is 0 Å². The number of nitrogens with two attached hydrogens (primary N) is 2.